The Bertz CT molecular complexity index is 1010. The highest BCUT2D eigenvalue weighted by atomic mass is 35.5. The molecule has 1 aliphatic carbocycles. The van der Waals surface area contributed by atoms with Gasteiger partial charge in [-0.2, -0.15) is 0 Å². The number of Topliss-reactive ketones (excluding diaryl/α,β-unsaturated/α-hetero) is 2. The first kappa shape index (κ1) is 26.1. The third kappa shape index (κ3) is 4.49. The number of ketones is 2. The van der Waals surface area contributed by atoms with Crippen molar-refractivity contribution < 1.29 is 9.59 Å². The minimum absolute atomic E-state index is 0. The highest BCUT2D eigenvalue weighted by molar-refractivity contribution is 6.52. The van der Waals surface area contributed by atoms with Gasteiger partial charge in [-0.25, -0.2) is 9.98 Å². The van der Waals surface area contributed by atoms with Gasteiger partial charge >= 0.3 is 0 Å². The van der Waals surface area contributed by atoms with Gasteiger partial charge in [0.25, 0.3) is 0 Å². The molecule has 1 aromatic rings. The van der Waals surface area contributed by atoms with E-state index in [1.54, 1.807) is 6.21 Å². The fraction of sp³-hybridized carbons (Fsp3) is 0.458. The number of hydrogen-bond acceptors (Lipinski definition) is 6. The summed E-state index contributed by atoms with van der Waals surface area (Å²) in [6.07, 6.45) is 2.38. The maximum atomic E-state index is 13.5. The topological polar surface area (TPSA) is 74.5 Å². The van der Waals surface area contributed by atoms with Crippen molar-refractivity contribution in [2.45, 2.75) is 39.7 Å². The number of fused-ring (bicyclic) bond motifs is 2. The molecular weight excluding hydrogens is 447 g/mol. The van der Waals surface area contributed by atoms with E-state index in [2.05, 4.69) is 33.7 Å². The summed E-state index contributed by atoms with van der Waals surface area (Å²) < 4.78 is 0. The molecule has 2 unspecified atom stereocenters. The number of benzene rings is 1. The standard InChI is InChI=1S/C24H28N4O2.2ClH/c1-5-28(6-2)13-12-16-18-17(14-25-24(3,4)22(18)30)19-20(21(16)29)27-23(26-19)15-10-8-7-9-11-15;;/h7-11,14,16,18H,5-6,12-13H2,1-4H3;2*1H. The van der Waals surface area contributed by atoms with Gasteiger partial charge in [0.15, 0.2) is 17.4 Å². The Labute approximate surface area is 201 Å². The van der Waals surface area contributed by atoms with E-state index in [4.69, 9.17) is 0 Å². The number of rotatable bonds is 6. The lowest BCUT2D eigenvalue weighted by Gasteiger charge is -2.38. The van der Waals surface area contributed by atoms with E-state index in [-0.39, 0.29) is 36.4 Å². The van der Waals surface area contributed by atoms with Gasteiger partial charge in [-0.1, -0.05) is 44.2 Å². The molecule has 0 saturated carbocycles. The Kier molecular flexibility index (Phi) is 8.32. The summed E-state index contributed by atoms with van der Waals surface area (Å²) in [5.74, 6) is -0.483. The predicted molar refractivity (Wildman–Crippen MR) is 134 cm³/mol. The van der Waals surface area contributed by atoms with Crippen LogP contribution in [0.5, 0.6) is 0 Å². The average molecular weight is 477 g/mol. The van der Waals surface area contributed by atoms with E-state index in [9.17, 15) is 9.59 Å². The highest BCUT2D eigenvalue weighted by Gasteiger charge is 2.51. The fourth-order valence-corrected chi connectivity index (χ4v) is 4.42. The minimum atomic E-state index is -0.832. The zero-order valence-corrected chi connectivity index (χ0v) is 20.5. The Hall–Kier alpha value is -2.15. The highest BCUT2D eigenvalue weighted by Crippen LogP contribution is 2.41. The third-order valence-electron chi connectivity index (χ3n) is 6.34. The van der Waals surface area contributed by atoms with Crippen LogP contribution in [0.4, 0.5) is 0 Å². The summed E-state index contributed by atoms with van der Waals surface area (Å²) in [5.41, 5.74) is 1.67. The maximum absolute atomic E-state index is 13.5. The van der Waals surface area contributed by atoms with Crippen molar-refractivity contribution in [1.82, 2.24) is 4.90 Å². The lowest BCUT2D eigenvalue weighted by Crippen LogP contribution is -2.50. The molecule has 8 heteroatoms. The second-order valence-corrected chi connectivity index (χ2v) is 8.51. The summed E-state index contributed by atoms with van der Waals surface area (Å²) in [6.45, 7) is 10.5. The van der Waals surface area contributed by atoms with Crippen LogP contribution < -0.4 is 0 Å². The monoisotopic (exact) mass is 476 g/mol. The average Bonchev–Trinajstić information content (AvgIpc) is 3.20. The van der Waals surface area contributed by atoms with Crippen LogP contribution in [0.15, 0.2) is 56.6 Å². The van der Waals surface area contributed by atoms with Crippen LogP contribution in [-0.4, -0.2) is 59.4 Å². The molecule has 0 aromatic heterocycles. The molecule has 0 fully saturated rings. The van der Waals surface area contributed by atoms with Crippen LogP contribution in [-0.2, 0) is 9.59 Å². The zero-order chi connectivity index (χ0) is 21.5. The Morgan fingerprint density at radius 1 is 1.00 bits per heavy atom. The quantitative estimate of drug-likeness (QED) is 0.623. The van der Waals surface area contributed by atoms with Crippen molar-refractivity contribution >= 4 is 54.1 Å². The molecule has 4 rings (SSSR count). The van der Waals surface area contributed by atoms with E-state index in [1.165, 1.54) is 0 Å². The molecule has 2 aliphatic heterocycles. The van der Waals surface area contributed by atoms with Gasteiger partial charge < -0.3 is 4.90 Å². The number of amidine groups is 1. The van der Waals surface area contributed by atoms with Gasteiger partial charge in [0.05, 0.1) is 5.92 Å². The Morgan fingerprint density at radius 2 is 1.66 bits per heavy atom. The van der Waals surface area contributed by atoms with Crippen molar-refractivity contribution in [3.63, 3.8) is 0 Å². The number of aliphatic imine (C=N–C) groups is 3. The normalized spacial score (nSPS) is 23.2. The minimum Gasteiger partial charge on any atom is -0.304 e. The molecular formula is C24H30Cl2N4O2. The number of hydrogen-bond donors (Lipinski definition) is 0. The Morgan fingerprint density at radius 3 is 2.28 bits per heavy atom. The lowest BCUT2D eigenvalue weighted by atomic mass is 9.67. The van der Waals surface area contributed by atoms with E-state index in [0.717, 1.165) is 30.8 Å². The molecule has 0 spiro atoms. The molecule has 3 aliphatic rings. The van der Waals surface area contributed by atoms with Crippen molar-refractivity contribution in [3.05, 3.63) is 47.2 Å². The van der Waals surface area contributed by atoms with E-state index >= 15 is 0 Å². The van der Waals surface area contributed by atoms with Gasteiger partial charge in [0.1, 0.15) is 16.9 Å². The molecule has 1 aromatic carbocycles. The van der Waals surface area contributed by atoms with Crippen molar-refractivity contribution in [1.29, 1.82) is 0 Å². The molecule has 0 radical (unpaired) electrons. The van der Waals surface area contributed by atoms with Crippen LogP contribution in [0.25, 0.3) is 0 Å². The number of allylic oxidation sites excluding steroid dienone is 2. The molecule has 32 heavy (non-hydrogen) atoms. The molecule has 0 bridgehead atoms. The summed E-state index contributed by atoms with van der Waals surface area (Å²) in [5, 5.41) is 0. The number of carbonyl (C=O) groups excluding carboxylic acids is 2. The fourth-order valence-electron chi connectivity index (χ4n) is 4.42. The molecule has 2 atom stereocenters. The van der Waals surface area contributed by atoms with E-state index < -0.39 is 17.4 Å². The van der Waals surface area contributed by atoms with Gasteiger partial charge in [0, 0.05) is 23.3 Å². The smallest absolute Gasteiger partial charge is 0.187 e. The van der Waals surface area contributed by atoms with Gasteiger partial charge in [-0.05, 0) is 39.9 Å². The van der Waals surface area contributed by atoms with Gasteiger partial charge in [-0.15, -0.1) is 24.8 Å². The van der Waals surface area contributed by atoms with Crippen molar-refractivity contribution in [2.24, 2.45) is 26.8 Å². The molecule has 0 N–H and O–H groups in total. The summed E-state index contributed by atoms with van der Waals surface area (Å²) in [6, 6.07) is 9.62. The zero-order valence-electron chi connectivity index (χ0n) is 18.9. The van der Waals surface area contributed by atoms with Crippen molar-refractivity contribution in [3.8, 4) is 0 Å². The first-order valence-electron chi connectivity index (χ1n) is 10.7. The lowest BCUT2D eigenvalue weighted by molar-refractivity contribution is -0.131. The number of halogens is 2. The maximum Gasteiger partial charge on any atom is 0.187 e. The first-order chi connectivity index (χ1) is 14.4. The second-order valence-electron chi connectivity index (χ2n) is 8.51. The number of carbonyl (C=O) groups is 2. The van der Waals surface area contributed by atoms with Gasteiger partial charge in [-0.3, -0.25) is 14.6 Å². The largest absolute Gasteiger partial charge is 0.304 e. The second kappa shape index (κ2) is 10.2. The molecule has 172 valence electrons. The Balaban J connectivity index is 0.00000181. The van der Waals surface area contributed by atoms with Crippen LogP contribution in [0.1, 0.15) is 39.7 Å². The van der Waals surface area contributed by atoms with Crippen LogP contribution in [0, 0.1) is 11.8 Å². The summed E-state index contributed by atoms with van der Waals surface area (Å²) in [4.78, 5) is 42.9. The molecule has 6 nitrogen and oxygen atoms in total. The van der Waals surface area contributed by atoms with E-state index in [0.29, 0.717) is 23.7 Å². The van der Waals surface area contributed by atoms with Gasteiger partial charge in [0.2, 0.25) is 0 Å². The van der Waals surface area contributed by atoms with Crippen molar-refractivity contribution in [2.75, 3.05) is 19.6 Å². The summed E-state index contributed by atoms with van der Waals surface area (Å²) >= 11 is 0. The number of nitrogens with zero attached hydrogens (tertiary/aromatic N) is 4. The predicted octanol–water partition coefficient (Wildman–Crippen LogP) is 3.96. The van der Waals surface area contributed by atoms with E-state index in [1.807, 2.05) is 44.2 Å². The first-order valence-corrected chi connectivity index (χ1v) is 10.7. The molecule has 0 amide bonds. The SMILES string of the molecule is CCN(CC)CCC1C(=O)C2=NC(c3ccccc3)=NC2=C2C=NC(C)(C)C(=O)C21.Cl.Cl. The van der Waals surface area contributed by atoms with Crippen LogP contribution in [0.2, 0.25) is 0 Å². The third-order valence-corrected chi connectivity index (χ3v) is 6.34. The van der Waals surface area contributed by atoms with Crippen LogP contribution in [0.3, 0.4) is 0 Å². The van der Waals surface area contributed by atoms with Crippen LogP contribution >= 0.6 is 24.8 Å². The molecule has 0 saturated heterocycles. The summed E-state index contributed by atoms with van der Waals surface area (Å²) in [7, 11) is 0. The molecule has 2 heterocycles.